The van der Waals surface area contributed by atoms with Crippen LogP contribution in [0.2, 0.25) is 0 Å². The van der Waals surface area contributed by atoms with Crippen molar-refractivity contribution in [3.63, 3.8) is 0 Å². The molecule has 2 N–H and O–H groups in total. The fraction of sp³-hybridized carbons (Fsp3) is 0.588. The quantitative estimate of drug-likeness (QED) is 0.540. The number of carbonyl (C=O) groups excluding carboxylic acids is 1. The molecule has 0 aromatic heterocycles. The van der Waals surface area contributed by atoms with Crippen LogP contribution in [0.5, 0.6) is 5.75 Å². The van der Waals surface area contributed by atoms with Gasteiger partial charge in [-0.2, -0.15) is 0 Å². The van der Waals surface area contributed by atoms with Crippen LogP contribution in [0, 0.1) is 0 Å². The lowest BCUT2D eigenvalue weighted by molar-refractivity contribution is -0.130. The second-order valence-electron chi connectivity index (χ2n) is 6.62. The van der Waals surface area contributed by atoms with Gasteiger partial charge >= 0.3 is 0 Å². The zero-order valence-corrected chi connectivity index (χ0v) is 18.5. The minimum atomic E-state index is -3.84. The van der Waals surface area contributed by atoms with Crippen molar-refractivity contribution < 1.29 is 26.4 Å². The number of benzene rings is 1. The van der Waals surface area contributed by atoms with Crippen molar-refractivity contribution >= 4 is 31.6 Å². The number of methoxy groups -OCH3 is 1. The Labute approximate surface area is 172 Å². The number of piperazine rings is 1. The monoisotopic (exact) mass is 448 g/mol. The standard InChI is InChI=1S/C17H28N4O6S2/c1-4-28(23,24)19-15-5-6-17(16(13-15)27-3)29(25,26)18-7-8-20-9-11-21(12-10-20)14(2)22/h5-6,13,18-19H,4,7-12H2,1-3H3. The van der Waals surface area contributed by atoms with Gasteiger partial charge in [0.15, 0.2) is 0 Å². The molecule has 1 saturated heterocycles. The van der Waals surface area contributed by atoms with Gasteiger partial charge in [-0.3, -0.25) is 14.4 Å². The zero-order chi connectivity index (χ0) is 21.7. The Morgan fingerprint density at radius 1 is 1.14 bits per heavy atom. The summed E-state index contributed by atoms with van der Waals surface area (Å²) in [6, 6.07) is 4.02. The summed E-state index contributed by atoms with van der Waals surface area (Å²) in [6.45, 7) is 6.40. The normalized spacial score (nSPS) is 15.9. The van der Waals surface area contributed by atoms with Crippen LogP contribution in [0.25, 0.3) is 0 Å². The highest BCUT2D eigenvalue weighted by Gasteiger charge is 2.22. The third kappa shape index (κ3) is 6.56. The van der Waals surface area contributed by atoms with Crippen molar-refractivity contribution in [1.82, 2.24) is 14.5 Å². The van der Waals surface area contributed by atoms with E-state index in [2.05, 4.69) is 14.3 Å². The molecule has 1 heterocycles. The molecule has 12 heteroatoms. The lowest BCUT2D eigenvalue weighted by Crippen LogP contribution is -2.49. The van der Waals surface area contributed by atoms with Crippen molar-refractivity contribution in [2.45, 2.75) is 18.7 Å². The third-order valence-electron chi connectivity index (χ3n) is 4.64. The third-order valence-corrected chi connectivity index (χ3v) is 7.45. The first-order valence-corrected chi connectivity index (χ1v) is 12.4. The van der Waals surface area contributed by atoms with Gasteiger partial charge in [0.1, 0.15) is 10.6 Å². The van der Waals surface area contributed by atoms with E-state index in [0.29, 0.717) is 32.7 Å². The van der Waals surface area contributed by atoms with Gasteiger partial charge in [0.05, 0.1) is 18.6 Å². The van der Waals surface area contributed by atoms with Crippen LogP contribution in [-0.2, 0) is 24.8 Å². The molecule has 0 aliphatic carbocycles. The molecule has 0 radical (unpaired) electrons. The number of sulfonamides is 2. The molecule has 0 unspecified atom stereocenters. The summed E-state index contributed by atoms with van der Waals surface area (Å²) in [5.41, 5.74) is 0.228. The van der Waals surface area contributed by atoms with Gasteiger partial charge in [0.25, 0.3) is 0 Å². The maximum Gasteiger partial charge on any atom is 0.244 e. The molecule has 1 amide bonds. The van der Waals surface area contributed by atoms with Crippen LogP contribution in [0.4, 0.5) is 5.69 Å². The van der Waals surface area contributed by atoms with Crippen molar-refractivity contribution in [1.29, 1.82) is 0 Å². The first-order chi connectivity index (χ1) is 13.6. The highest BCUT2D eigenvalue weighted by atomic mass is 32.2. The van der Waals surface area contributed by atoms with Gasteiger partial charge in [-0.05, 0) is 19.1 Å². The van der Waals surface area contributed by atoms with Crippen LogP contribution in [0.1, 0.15) is 13.8 Å². The molecule has 1 aromatic carbocycles. The summed E-state index contributed by atoms with van der Waals surface area (Å²) in [4.78, 5) is 15.1. The largest absolute Gasteiger partial charge is 0.495 e. The number of nitrogens with one attached hydrogen (secondary N) is 2. The fourth-order valence-electron chi connectivity index (χ4n) is 2.91. The van der Waals surface area contributed by atoms with Crippen LogP contribution in [0.15, 0.2) is 23.1 Å². The minimum absolute atomic E-state index is 0.0436. The molecule has 2 rings (SSSR count). The molecule has 0 spiro atoms. The molecule has 1 fully saturated rings. The number of hydrogen-bond donors (Lipinski definition) is 2. The van der Waals surface area contributed by atoms with E-state index in [9.17, 15) is 21.6 Å². The maximum absolute atomic E-state index is 12.6. The van der Waals surface area contributed by atoms with E-state index in [1.54, 1.807) is 4.90 Å². The Morgan fingerprint density at radius 3 is 2.34 bits per heavy atom. The van der Waals surface area contributed by atoms with Gasteiger partial charge in [-0.1, -0.05) is 0 Å². The van der Waals surface area contributed by atoms with E-state index in [4.69, 9.17) is 4.74 Å². The number of carbonyl (C=O) groups is 1. The average molecular weight is 449 g/mol. The Kier molecular flexibility index (Phi) is 7.86. The first kappa shape index (κ1) is 23.4. The zero-order valence-electron chi connectivity index (χ0n) is 16.8. The summed E-state index contributed by atoms with van der Waals surface area (Å²) >= 11 is 0. The average Bonchev–Trinajstić information content (AvgIpc) is 2.67. The Balaban J connectivity index is 1.99. The summed E-state index contributed by atoms with van der Waals surface area (Å²) < 4.78 is 58.7. The maximum atomic E-state index is 12.6. The van der Waals surface area contributed by atoms with Gasteiger partial charge in [-0.15, -0.1) is 0 Å². The second-order valence-corrected chi connectivity index (χ2v) is 10.4. The molecule has 1 aliphatic rings. The summed E-state index contributed by atoms with van der Waals surface area (Å²) in [5, 5.41) is 0. The summed E-state index contributed by atoms with van der Waals surface area (Å²) in [5.74, 6) is -0.0107. The number of rotatable bonds is 9. The molecule has 1 aliphatic heterocycles. The Morgan fingerprint density at radius 2 is 1.79 bits per heavy atom. The summed E-state index contributed by atoms with van der Waals surface area (Å²) in [6.07, 6.45) is 0. The van der Waals surface area contributed by atoms with E-state index in [0.717, 1.165) is 0 Å². The number of nitrogens with zero attached hydrogens (tertiary/aromatic N) is 2. The SMILES string of the molecule is CCS(=O)(=O)Nc1ccc(S(=O)(=O)NCCN2CCN(C(C)=O)CC2)c(OC)c1. The molecule has 164 valence electrons. The van der Waals surface area contributed by atoms with E-state index >= 15 is 0 Å². The van der Waals surface area contributed by atoms with Gasteiger partial charge < -0.3 is 9.64 Å². The van der Waals surface area contributed by atoms with E-state index in [-0.39, 0.29) is 34.5 Å². The summed E-state index contributed by atoms with van der Waals surface area (Å²) in [7, 11) is -6.00. The number of anilines is 1. The van der Waals surface area contributed by atoms with Crippen LogP contribution < -0.4 is 14.2 Å². The Hall–Kier alpha value is -1.89. The highest BCUT2D eigenvalue weighted by molar-refractivity contribution is 7.92. The van der Waals surface area contributed by atoms with Crippen LogP contribution in [0.3, 0.4) is 0 Å². The van der Waals surface area contributed by atoms with Crippen molar-refractivity contribution in [2.75, 3.05) is 56.9 Å². The second kappa shape index (κ2) is 9.74. The van der Waals surface area contributed by atoms with Crippen LogP contribution in [-0.4, -0.2) is 84.7 Å². The van der Waals surface area contributed by atoms with Gasteiger partial charge in [0, 0.05) is 52.3 Å². The lowest BCUT2D eigenvalue weighted by Gasteiger charge is -2.34. The van der Waals surface area contributed by atoms with Crippen LogP contribution >= 0.6 is 0 Å². The number of amides is 1. The topological polar surface area (TPSA) is 125 Å². The van der Waals surface area contributed by atoms with E-state index < -0.39 is 20.0 Å². The highest BCUT2D eigenvalue weighted by Crippen LogP contribution is 2.27. The van der Waals surface area contributed by atoms with Crippen molar-refractivity contribution in [3.8, 4) is 5.75 Å². The molecule has 1 aromatic rings. The number of ether oxygens (including phenoxy) is 1. The molecule has 0 saturated carbocycles. The lowest BCUT2D eigenvalue weighted by atomic mass is 10.3. The predicted molar refractivity (Wildman–Crippen MR) is 110 cm³/mol. The molecule has 29 heavy (non-hydrogen) atoms. The van der Waals surface area contributed by atoms with Crippen molar-refractivity contribution in [2.24, 2.45) is 0 Å². The van der Waals surface area contributed by atoms with Gasteiger partial charge in [0.2, 0.25) is 26.0 Å². The molecular formula is C17H28N4O6S2. The number of hydrogen-bond acceptors (Lipinski definition) is 7. The van der Waals surface area contributed by atoms with E-state index in [1.165, 1.54) is 39.2 Å². The van der Waals surface area contributed by atoms with Gasteiger partial charge in [-0.25, -0.2) is 21.6 Å². The smallest absolute Gasteiger partial charge is 0.244 e. The Bertz CT molecular complexity index is 925. The molecule has 0 bridgehead atoms. The van der Waals surface area contributed by atoms with E-state index in [1.807, 2.05) is 0 Å². The van der Waals surface area contributed by atoms with Crippen molar-refractivity contribution in [3.05, 3.63) is 18.2 Å². The molecule has 10 nitrogen and oxygen atoms in total. The molecular weight excluding hydrogens is 420 g/mol. The predicted octanol–water partition coefficient (Wildman–Crippen LogP) is -0.101. The first-order valence-electron chi connectivity index (χ1n) is 9.24. The molecule has 0 atom stereocenters. The minimum Gasteiger partial charge on any atom is -0.495 e. The fourth-order valence-corrected chi connectivity index (χ4v) is 4.71.